The number of aromatic nitrogens is 1. The van der Waals surface area contributed by atoms with E-state index in [9.17, 15) is 23.9 Å². The SMILES string of the molecule is COc1ccc(C(NC(=O)c2cc3c([nH]c2=O)CCCCC3)C(=O)O)cc1F. The van der Waals surface area contributed by atoms with Crippen molar-refractivity contribution in [1.29, 1.82) is 0 Å². The zero-order valence-corrected chi connectivity index (χ0v) is 15.4. The Hall–Kier alpha value is -3.16. The van der Waals surface area contributed by atoms with Crippen LogP contribution in [0.1, 0.15) is 52.5 Å². The summed E-state index contributed by atoms with van der Waals surface area (Å²) in [5.74, 6) is -2.98. The van der Waals surface area contributed by atoms with Crippen LogP contribution in [0.3, 0.4) is 0 Å². The van der Waals surface area contributed by atoms with Gasteiger partial charge in [-0.2, -0.15) is 0 Å². The van der Waals surface area contributed by atoms with Gasteiger partial charge in [-0.25, -0.2) is 9.18 Å². The number of aliphatic carboxylic acids is 1. The molecule has 0 bridgehead atoms. The van der Waals surface area contributed by atoms with Crippen molar-refractivity contribution in [2.75, 3.05) is 7.11 Å². The number of nitrogens with one attached hydrogen (secondary N) is 2. The van der Waals surface area contributed by atoms with Gasteiger partial charge in [0, 0.05) is 5.69 Å². The predicted molar refractivity (Wildman–Crippen MR) is 99.1 cm³/mol. The highest BCUT2D eigenvalue weighted by atomic mass is 19.1. The smallest absolute Gasteiger partial charge is 0.330 e. The van der Waals surface area contributed by atoms with Crippen LogP contribution in [-0.2, 0) is 17.6 Å². The van der Waals surface area contributed by atoms with E-state index < -0.39 is 29.3 Å². The number of fused-ring (bicyclic) bond motifs is 1. The van der Waals surface area contributed by atoms with E-state index >= 15 is 0 Å². The molecule has 1 unspecified atom stereocenters. The molecule has 1 atom stereocenters. The molecule has 2 aromatic rings. The van der Waals surface area contributed by atoms with Crippen LogP contribution in [0.15, 0.2) is 29.1 Å². The number of halogens is 1. The van der Waals surface area contributed by atoms with Crippen molar-refractivity contribution < 1.29 is 23.8 Å². The molecule has 1 aliphatic rings. The second-order valence-corrected chi connectivity index (χ2v) is 6.72. The Morgan fingerprint density at radius 3 is 2.64 bits per heavy atom. The largest absolute Gasteiger partial charge is 0.494 e. The summed E-state index contributed by atoms with van der Waals surface area (Å²) in [6.45, 7) is 0. The van der Waals surface area contributed by atoms with E-state index in [4.69, 9.17) is 4.74 Å². The van der Waals surface area contributed by atoms with Crippen LogP contribution < -0.4 is 15.6 Å². The van der Waals surface area contributed by atoms with Gasteiger partial charge >= 0.3 is 5.97 Å². The normalized spacial score (nSPS) is 14.5. The second kappa shape index (κ2) is 8.24. The van der Waals surface area contributed by atoms with Gasteiger partial charge in [-0.05, 0) is 55.0 Å². The van der Waals surface area contributed by atoms with Gasteiger partial charge in [0.1, 0.15) is 5.56 Å². The molecular formula is C20H21FN2O5. The molecule has 148 valence electrons. The number of pyridine rings is 1. The van der Waals surface area contributed by atoms with Crippen LogP contribution >= 0.6 is 0 Å². The summed E-state index contributed by atoms with van der Waals surface area (Å²) in [5, 5.41) is 11.8. The molecule has 0 spiro atoms. The molecule has 1 heterocycles. The van der Waals surface area contributed by atoms with Gasteiger partial charge in [0.05, 0.1) is 7.11 Å². The summed E-state index contributed by atoms with van der Waals surface area (Å²) in [6, 6.07) is 3.64. The molecule has 28 heavy (non-hydrogen) atoms. The number of carboxylic acids is 1. The summed E-state index contributed by atoms with van der Waals surface area (Å²) < 4.78 is 18.8. The van der Waals surface area contributed by atoms with Crippen molar-refractivity contribution >= 4 is 11.9 Å². The van der Waals surface area contributed by atoms with E-state index in [2.05, 4.69) is 10.3 Å². The number of ether oxygens (including phenoxy) is 1. The zero-order valence-electron chi connectivity index (χ0n) is 15.4. The van der Waals surface area contributed by atoms with Gasteiger partial charge in [0.15, 0.2) is 17.6 Å². The summed E-state index contributed by atoms with van der Waals surface area (Å²) in [6.07, 6.45) is 4.47. The molecule has 0 saturated carbocycles. The number of hydrogen-bond acceptors (Lipinski definition) is 4. The van der Waals surface area contributed by atoms with Crippen molar-refractivity contribution in [2.24, 2.45) is 0 Å². The third-order valence-corrected chi connectivity index (χ3v) is 4.86. The highest BCUT2D eigenvalue weighted by Crippen LogP contribution is 2.23. The monoisotopic (exact) mass is 388 g/mol. The molecule has 0 aliphatic heterocycles. The Balaban J connectivity index is 1.89. The van der Waals surface area contributed by atoms with Crippen LogP contribution in [0.4, 0.5) is 4.39 Å². The highest BCUT2D eigenvalue weighted by molar-refractivity contribution is 5.96. The lowest BCUT2D eigenvalue weighted by Gasteiger charge is -2.16. The van der Waals surface area contributed by atoms with E-state index in [1.165, 1.54) is 25.3 Å². The molecule has 1 aliphatic carbocycles. The number of rotatable bonds is 5. The fourth-order valence-corrected chi connectivity index (χ4v) is 3.38. The number of carboxylic acid groups (broad SMARTS) is 1. The number of hydrogen-bond donors (Lipinski definition) is 3. The Bertz CT molecular complexity index is 970. The van der Waals surface area contributed by atoms with Crippen LogP contribution in [0.25, 0.3) is 0 Å². The van der Waals surface area contributed by atoms with Crippen molar-refractivity contribution in [2.45, 2.75) is 38.1 Å². The summed E-state index contributed by atoms with van der Waals surface area (Å²) in [4.78, 5) is 39.3. The number of amides is 1. The van der Waals surface area contributed by atoms with E-state index in [-0.39, 0.29) is 16.9 Å². The minimum Gasteiger partial charge on any atom is -0.494 e. The minimum absolute atomic E-state index is 0.0327. The first kappa shape index (κ1) is 19.6. The maximum Gasteiger partial charge on any atom is 0.330 e. The van der Waals surface area contributed by atoms with Crippen LogP contribution in [-0.4, -0.2) is 29.1 Å². The lowest BCUT2D eigenvalue weighted by Crippen LogP contribution is -2.37. The van der Waals surface area contributed by atoms with Gasteiger partial charge in [-0.3, -0.25) is 9.59 Å². The molecule has 0 saturated heterocycles. The first-order valence-electron chi connectivity index (χ1n) is 9.03. The second-order valence-electron chi connectivity index (χ2n) is 6.72. The van der Waals surface area contributed by atoms with Crippen molar-refractivity contribution in [1.82, 2.24) is 10.3 Å². The topological polar surface area (TPSA) is 108 Å². The van der Waals surface area contributed by atoms with Crippen molar-refractivity contribution in [3.63, 3.8) is 0 Å². The predicted octanol–water partition coefficient (Wildman–Crippen LogP) is 2.35. The van der Waals surface area contributed by atoms with Gasteiger partial charge in [0.2, 0.25) is 0 Å². The van der Waals surface area contributed by atoms with Crippen LogP contribution in [0, 0.1) is 5.82 Å². The number of methoxy groups -OCH3 is 1. The summed E-state index contributed by atoms with van der Waals surface area (Å²) in [7, 11) is 1.29. The Morgan fingerprint density at radius 2 is 1.96 bits per heavy atom. The number of aryl methyl sites for hydroxylation is 2. The molecular weight excluding hydrogens is 367 g/mol. The lowest BCUT2D eigenvalue weighted by atomic mass is 10.0. The fourth-order valence-electron chi connectivity index (χ4n) is 3.38. The average molecular weight is 388 g/mol. The molecule has 1 aromatic carbocycles. The van der Waals surface area contributed by atoms with Crippen molar-refractivity contribution in [3.05, 3.63) is 62.8 Å². The van der Waals surface area contributed by atoms with Gasteiger partial charge in [-0.1, -0.05) is 12.5 Å². The molecule has 3 N–H and O–H groups in total. The summed E-state index contributed by atoms with van der Waals surface area (Å²) >= 11 is 0. The number of H-pyrrole nitrogens is 1. The molecule has 3 rings (SSSR count). The van der Waals surface area contributed by atoms with Crippen LogP contribution in [0.2, 0.25) is 0 Å². The Morgan fingerprint density at radius 1 is 1.21 bits per heavy atom. The average Bonchev–Trinajstić information content (AvgIpc) is 2.89. The fraction of sp³-hybridized carbons (Fsp3) is 0.350. The molecule has 7 nitrogen and oxygen atoms in total. The summed E-state index contributed by atoms with van der Waals surface area (Å²) in [5.41, 5.74) is 1.03. The van der Waals surface area contributed by atoms with E-state index in [0.717, 1.165) is 49.4 Å². The Labute approximate surface area is 160 Å². The first-order chi connectivity index (χ1) is 13.4. The number of carbonyl (C=O) groups is 2. The Kier molecular flexibility index (Phi) is 5.77. The molecule has 8 heteroatoms. The standard InChI is InChI=1S/C20H21FN2O5/c1-28-16-8-7-12(10-14(16)21)17(20(26)27)23-19(25)13-9-11-5-3-2-4-6-15(11)22-18(13)24/h7-10,17H,2-6H2,1H3,(H,22,24)(H,23,25)(H,26,27). The maximum atomic E-state index is 13.9. The van der Waals surface area contributed by atoms with E-state index in [1.807, 2.05) is 0 Å². The quantitative estimate of drug-likeness (QED) is 0.682. The molecule has 1 aromatic heterocycles. The molecule has 0 fully saturated rings. The minimum atomic E-state index is -1.51. The lowest BCUT2D eigenvalue weighted by molar-refractivity contribution is -0.139. The highest BCUT2D eigenvalue weighted by Gasteiger charge is 2.26. The van der Waals surface area contributed by atoms with Gasteiger partial charge in [0.25, 0.3) is 11.5 Å². The van der Waals surface area contributed by atoms with E-state index in [0.29, 0.717) is 0 Å². The van der Waals surface area contributed by atoms with Crippen molar-refractivity contribution in [3.8, 4) is 5.75 Å². The number of benzene rings is 1. The van der Waals surface area contributed by atoms with Gasteiger partial charge in [-0.15, -0.1) is 0 Å². The maximum absolute atomic E-state index is 13.9. The van der Waals surface area contributed by atoms with E-state index in [1.54, 1.807) is 0 Å². The number of carbonyl (C=O) groups excluding carboxylic acids is 1. The zero-order chi connectivity index (χ0) is 20.3. The third-order valence-electron chi connectivity index (χ3n) is 4.86. The third kappa shape index (κ3) is 4.05. The molecule has 1 amide bonds. The van der Waals surface area contributed by atoms with Gasteiger partial charge < -0.3 is 20.1 Å². The first-order valence-corrected chi connectivity index (χ1v) is 9.03. The number of aromatic amines is 1. The van der Waals surface area contributed by atoms with Crippen LogP contribution in [0.5, 0.6) is 5.75 Å². The molecule has 0 radical (unpaired) electrons.